The zero-order chi connectivity index (χ0) is 60.9. The average Bonchev–Trinajstić information content (AvgIpc) is 3.48. The van der Waals surface area contributed by atoms with Crippen LogP contribution in [0.25, 0.3) is 0 Å². The number of rotatable bonds is 27. The van der Waals surface area contributed by atoms with Gasteiger partial charge in [-0.2, -0.15) is 0 Å². The number of ether oxygens (including phenoxy) is 3. The molecule has 0 aromatic heterocycles. The Morgan fingerprint density at radius 1 is 0.434 bits per heavy atom. The van der Waals surface area contributed by atoms with E-state index in [1.54, 1.807) is 42.8 Å². The van der Waals surface area contributed by atoms with Crippen LogP contribution in [-0.2, 0) is 14.4 Å². The molecule has 6 N–H and O–H groups in total. The van der Waals surface area contributed by atoms with Crippen LogP contribution in [0, 0.1) is 57.8 Å². The first-order valence-electron chi connectivity index (χ1n) is 28.3. The highest BCUT2D eigenvalue weighted by Crippen LogP contribution is 2.31. The molecule has 0 saturated heterocycles. The van der Waals surface area contributed by atoms with E-state index in [4.69, 9.17) is 14.2 Å². The van der Waals surface area contributed by atoms with Crippen molar-refractivity contribution in [2.24, 2.45) is 26.2 Å². The van der Waals surface area contributed by atoms with Crippen LogP contribution in [-0.4, -0.2) is 84.7 Å². The Kier molecular flexibility index (Phi) is 24.1. The van der Waals surface area contributed by atoms with Gasteiger partial charge in [0.15, 0.2) is 6.29 Å². The monoisotopic (exact) mass is 1130 g/mol. The quantitative estimate of drug-likeness (QED) is 0.0124. The Labute approximate surface area is 490 Å². The number of anilines is 3. The minimum atomic E-state index is -0.636. The van der Waals surface area contributed by atoms with Gasteiger partial charge >= 0.3 is 0 Å². The van der Waals surface area contributed by atoms with Gasteiger partial charge in [0.2, 0.25) is 17.7 Å². The molecule has 83 heavy (non-hydrogen) atoms. The molecule has 0 aliphatic rings. The average molecular weight is 1130 g/mol. The number of aliphatic imine (C=N–C) groups is 2. The van der Waals surface area contributed by atoms with Gasteiger partial charge in [-0.3, -0.25) is 29.2 Å². The maximum absolute atomic E-state index is 13.2. The third-order valence-corrected chi connectivity index (χ3v) is 14.3. The van der Waals surface area contributed by atoms with Crippen molar-refractivity contribution >= 4 is 53.5 Å². The Morgan fingerprint density at radius 3 is 1.02 bits per heavy atom. The van der Waals surface area contributed by atoms with E-state index in [-0.39, 0.29) is 40.5 Å². The molecule has 442 valence electrons. The van der Waals surface area contributed by atoms with Crippen LogP contribution in [0.5, 0.6) is 34.5 Å². The van der Waals surface area contributed by atoms with Crippen molar-refractivity contribution in [1.82, 2.24) is 0 Å². The normalized spacial score (nSPS) is 11.7. The van der Waals surface area contributed by atoms with E-state index in [0.29, 0.717) is 86.6 Å². The van der Waals surface area contributed by atoms with E-state index in [2.05, 4.69) is 44.1 Å². The summed E-state index contributed by atoms with van der Waals surface area (Å²) in [5, 5.41) is 39.2. The van der Waals surface area contributed by atoms with Crippen molar-refractivity contribution in [2.75, 3.05) is 48.9 Å². The van der Waals surface area contributed by atoms with E-state index >= 15 is 0 Å². The van der Waals surface area contributed by atoms with Crippen molar-refractivity contribution in [2.45, 2.75) is 122 Å². The van der Waals surface area contributed by atoms with Crippen molar-refractivity contribution in [3.05, 3.63) is 159 Å². The molecule has 0 atom stereocenters. The minimum absolute atomic E-state index is 0.0377. The summed E-state index contributed by atoms with van der Waals surface area (Å²) in [5.41, 5.74) is 7.50. The molecule has 3 amide bonds. The molecular weight excluding hydrogens is 1050 g/mol. The number of aryl methyl sites for hydroxylation is 6. The second-order valence-electron chi connectivity index (χ2n) is 23.2. The molecule has 0 spiro atoms. The number of aldehydes is 1. The fourth-order valence-corrected chi connectivity index (χ4v) is 8.56. The van der Waals surface area contributed by atoms with Gasteiger partial charge in [0.1, 0.15) is 34.5 Å². The van der Waals surface area contributed by atoms with Gasteiger partial charge in [0, 0.05) is 56.9 Å². The molecule has 15 heteroatoms. The predicted octanol–water partition coefficient (Wildman–Crippen LogP) is 14.2. The van der Waals surface area contributed by atoms with E-state index in [0.717, 1.165) is 69.9 Å². The Bertz CT molecular complexity index is 3110. The summed E-state index contributed by atoms with van der Waals surface area (Å²) in [7, 11) is 0. The lowest BCUT2D eigenvalue weighted by molar-refractivity contribution is -0.125. The van der Waals surface area contributed by atoms with Crippen molar-refractivity contribution in [1.29, 1.82) is 0 Å². The predicted molar refractivity (Wildman–Crippen MR) is 334 cm³/mol. The SMILES string of the molecule is Cc1ccc(C)c(OCCCC(C)(C)C(=O)Nc2ccc(O)c(C=NCCN=Cc3cc(NC(=O)C(C)(C)CCCOc4cc(C)ccc4C)ccc3O)c2)c1.Cc1ccc(C)c(OCCCC(C)(C)C(=O)Nc2ccc(O)c(C=O)c2)c1. The zero-order valence-electron chi connectivity index (χ0n) is 50.5. The van der Waals surface area contributed by atoms with Gasteiger partial charge in [-0.1, -0.05) is 77.9 Å². The number of phenolic OH excluding ortho intramolecular Hbond substituents is 3. The summed E-state index contributed by atoms with van der Waals surface area (Å²) < 4.78 is 17.8. The number of amides is 3. The van der Waals surface area contributed by atoms with Crippen LogP contribution in [0.1, 0.15) is 135 Å². The fourth-order valence-electron chi connectivity index (χ4n) is 8.56. The molecule has 6 aromatic carbocycles. The van der Waals surface area contributed by atoms with E-state index in [9.17, 15) is 34.5 Å². The third-order valence-electron chi connectivity index (χ3n) is 14.3. The van der Waals surface area contributed by atoms with Crippen molar-refractivity contribution in [3.63, 3.8) is 0 Å². The highest BCUT2D eigenvalue weighted by atomic mass is 16.5. The number of phenols is 3. The van der Waals surface area contributed by atoms with Crippen LogP contribution < -0.4 is 30.2 Å². The van der Waals surface area contributed by atoms with Gasteiger partial charge in [0.05, 0.1) is 38.5 Å². The lowest BCUT2D eigenvalue weighted by Crippen LogP contribution is -2.31. The van der Waals surface area contributed by atoms with E-state index < -0.39 is 16.2 Å². The van der Waals surface area contributed by atoms with Gasteiger partial charge in [-0.25, -0.2) is 0 Å². The number of aromatic hydroxyl groups is 3. The molecule has 0 unspecified atom stereocenters. The van der Waals surface area contributed by atoms with Gasteiger partial charge in [-0.05, 0) is 186 Å². The smallest absolute Gasteiger partial charge is 0.230 e. The summed E-state index contributed by atoms with van der Waals surface area (Å²) in [6.07, 6.45) is 7.75. The number of hydrogen-bond donors (Lipinski definition) is 6. The minimum Gasteiger partial charge on any atom is -0.507 e. The number of carbonyl (C=O) groups excluding carboxylic acids is 4. The molecular formula is C68H85N5O10. The molecule has 0 saturated carbocycles. The molecule has 0 fully saturated rings. The first-order chi connectivity index (χ1) is 39.3. The Morgan fingerprint density at radius 2 is 0.723 bits per heavy atom. The first kappa shape index (κ1) is 65.4. The van der Waals surface area contributed by atoms with E-state index in [1.807, 2.05) is 119 Å². The number of hydrogen-bond acceptors (Lipinski definition) is 12. The Hall–Kier alpha value is -8.46. The lowest BCUT2D eigenvalue weighted by Gasteiger charge is -2.24. The second kappa shape index (κ2) is 30.6. The van der Waals surface area contributed by atoms with Crippen LogP contribution >= 0.6 is 0 Å². The van der Waals surface area contributed by atoms with Gasteiger partial charge in [0.25, 0.3) is 0 Å². The zero-order valence-corrected chi connectivity index (χ0v) is 50.5. The second-order valence-corrected chi connectivity index (χ2v) is 23.2. The molecule has 0 aliphatic carbocycles. The summed E-state index contributed by atoms with van der Waals surface area (Å²) in [4.78, 5) is 58.7. The van der Waals surface area contributed by atoms with Crippen LogP contribution in [0.4, 0.5) is 17.1 Å². The Balaban J connectivity index is 0.000000389. The number of nitrogens with one attached hydrogen (secondary N) is 3. The summed E-state index contributed by atoms with van der Waals surface area (Å²) in [5.74, 6) is 2.19. The molecule has 0 heterocycles. The molecule has 6 rings (SSSR count). The van der Waals surface area contributed by atoms with Crippen LogP contribution in [0.2, 0.25) is 0 Å². The van der Waals surface area contributed by atoms with Crippen molar-refractivity contribution < 1.29 is 48.7 Å². The lowest BCUT2D eigenvalue weighted by atomic mass is 9.86. The molecule has 15 nitrogen and oxygen atoms in total. The fraction of sp³-hybridized carbons (Fsp3) is 0.382. The van der Waals surface area contributed by atoms with Gasteiger partial charge in [-0.15, -0.1) is 0 Å². The summed E-state index contributed by atoms with van der Waals surface area (Å²) in [6, 6.07) is 32.5. The molecule has 0 aliphatic heterocycles. The number of carbonyl (C=O) groups is 4. The molecule has 0 bridgehead atoms. The highest BCUT2D eigenvalue weighted by Gasteiger charge is 2.30. The van der Waals surface area contributed by atoms with Crippen molar-refractivity contribution in [3.8, 4) is 34.5 Å². The summed E-state index contributed by atoms with van der Waals surface area (Å²) in [6.45, 7) is 25.7. The molecule has 6 aromatic rings. The maximum atomic E-state index is 13.2. The number of nitrogens with zero attached hydrogens (tertiary/aromatic N) is 2. The maximum Gasteiger partial charge on any atom is 0.230 e. The summed E-state index contributed by atoms with van der Waals surface area (Å²) >= 11 is 0. The van der Waals surface area contributed by atoms with Crippen LogP contribution in [0.3, 0.4) is 0 Å². The third kappa shape index (κ3) is 20.8. The first-order valence-corrected chi connectivity index (χ1v) is 28.3. The van der Waals surface area contributed by atoms with Gasteiger partial charge < -0.3 is 45.5 Å². The standard InChI is InChI=1S/C46H58N4O6.C22H27NO4/c1-31-11-13-33(3)41(25-31)55-23-9-19-45(5,6)43(53)49-37-15-17-39(51)35(27-37)29-47-21-22-48-30-36-28-38(16-18-40(36)52)50-44(54)46(7,8)20-10-24-56-42-26-32(2)12-14-34(42)4;1-15-6-7-16(2)20(12-15)27-11-5-10-22(3,4)21(26)23-18-8-9-19(25)17(13-18)14-24/h11-18,25-30,51-52H,9-10,19-24H2,1-8H3,(H,49,53)(H,50,54);6-9,12-14,25H,5,10-11H2,1-4H3,(H,23,26). The van der Waals surface area contributed by atoms with Crippen LogP contribution in [0.15, 0.2) is 119 Å². The largest absolute Gasteiger partial charge is 0.507 e. The molecule has 0 radical (unpaired) electrons. The van der Waals surface area contributed by atoms with E-state index in [1.165, 1.54) is 24.3 Å². The highest BCUT2D eigenvalue weighted by molar-refractivity contribution is 5.98. The topological polar surface area (TPSA) is 217 Å². The number of benzene rings is 6.